The van der Waals surface area contributed by atoms with Crippen molar-refractivity contribution in [2.45, 2.75) is 26.4 Å². The molecule has 1 aromatic heterocycles. The summed E-state index contributed by atoms with van der Waals surface area (Å²) >= 11 is 0. The Balaban J connectivity index is 2.02. The minimum absolute atomic E-state index is 0.0356. The molecule has 0 bridgehead atoms. The Morgan fingerprint density at radius 1 is 1.38 bits per heavy atom. The van der Waals surface area contributed by atoms with Crippen LogP contribution in [0.3, 0.4) is 0 Å². The summed E-state index contributed by atoms with van der Waals surface area (Å²) in [5.41, 5.74) is 3.29. The first-order valence-electron chi connectivity index (χ1n) is 7.40. The van der Waals surface area contributed by atoms with Gasteiger partial charge in [-0.1, -0.05) is 30.3 Å². The van der Waals surface area contributed by atoms with Gasteiger partial charge in [-0.25, -0.2) is 4.98 Å². The first-order chi connectivity index (χ1) is 10.3. The molecular weight excluding hydrogens is 264 g/mol. The molecule has 0 saturated carbocycles. The van der Waals surface area contributed by atoms with Crippen LogP contribution in [-0.2, 0) is 24.3 Å². The van der Waals surface area contributed by atoms with Crippen LogP contribution in [-0.4, -0.2) is 28.5 Å². The molecule has 1 aromatic carbocycles. The topological polar surface area (TPSA) is 59.0 Å². The molecule has 0 atom stereocenters. The third-order valence-electron chi connectivity index (χ3n) is 3.69. The third kappa shape index (κ3) is 2.83. The molecule has 0 aliphatic carbocycles. The third-order valence-corrected chi connectivity index (χ3v) is 3.69. The molecule has 3 rings (SSSR count). The molecule has 0 fully saturated rings. The highest BCUT2D eigenvalue weighted by Gasteiger charge is 2.21. The number of aromatic nitrogens is 2. The van der Waals surface area contributed by atoms with Crippen LogP contribution in [0.2, 0.25) is 0 Å². The number of carbonyl (C=O) groups is 1. The predicted octanol–water partition coefficient (Wildman–Crippen LogP) is 1.33. The summed E-state index contributed by atoms with van der Waals surface area (Å²) in [4.78, 5) is 16.8. The van der Waals surface area contributed by atoms with Crippen molar-refractivity contribution in [2.24, 2.45) is 0 Å². The van der Waals surface area contributed by atoms with Crippen molar-refractivity contribution < 1.29 is 4.79 Å². The molecule has 0 saturated heterocycles. The van der Waals surface area contributed by atoms with E-state index in [1.807, 2.05) is 37.3 Å². The summed E-state index contributed by atoms with van der Waals surface area (Å²) in [6.07, 6.45) is 0.911. The zero-order chi connectivity index (χ0) is 14.7. The average Bonchev–Trinajstić information content (AvgIpc) is 2.87. The van der Waals surface area contributed by atoms with E-state index in [1.165, 1.54) is 5.69 Å². The van der Waals surface area contributed by atoms with Crippen molar-refractivity contribution in [1.82, 2.24) is 20.2 Å². The quantitative estimate of drug-likeness (QED) is 0.890. The Morgan fingerprint density at radius 3 is 2.95 bits per heavy atom. The molecule has 5 nitrogen and oxygen atoms in total. The molecule has 5 heteroatoms. The van der Waals surface area contributed by atoms with Crippen LogP contribution in [0.1, 0.15) is 18.3 Å². The number of carbonyl (C=O) groups excluding carboxylic acids is 1. The number of likely N-dealkylation sites (N-methyl/N-ethyl adjacent to an activating group) is 1. The highest BCUT2D eigenvalue weighted by atomic mass is 16.1. The van der Waals surface area contributed by atoms with E-state index in [0.29, 0.717) is 13.1 Å². The Kier molecular flexibility index (Phi) is 4.01. The van der Waals surface area contributed by atoms with E-state index < -0.39 is 0 Å². The summed E-state index contributed by atoms with van der Waals surface area (Å²) in [7, 11) is 0. The zero-order valence-corrected chi connectivity index (χ0v) is 12.2. The predicted molar refractivity (Wildman–Crippen MR) is 81.8 cm³/mol. The number of fused-ring (bicyclic) bond motifs is 1. The van der Waals surface area contributed by atoms with Gasteiger partial charge in [0.15, 0.2) is 0 Å². The summed E-state index contributed by atoms with van der Waals surface area (Å²) < 4.78 is 2.07. The van der Waals surface area contributed by atoms with E-state index in [1.54, 1.807) is 0 Å². The van der Waals surface area contributed by atoms with Crippen molar-refractivity contribution in [2.75, 3.05) is 13.1 Å². The zero-order valence-electron chi connectivity index (χ0n) is 12.2. The lowest BCUT2D eigenvalue weighted by molar-refractivity contribution is -0.121. The molecule has 110 valence electrons. The van der Waals surface area contributed by atoms with Crippen molar-refractivity contribution in [3.8, 4) is 11.4 Å². The standard InChI is InChI=1S/C16H20N4O/c1-2-18-15(21)11-20-14-8-9-17-10-13(14)19-16(20)12-6-4-3-5-7-12/h3-7,17H,2,8-11H2,1H3,(H,18,21). The summed E-state index contributed by atoms with van der Waals surface area (Å²) in [5.74, 6) is 0.920. The number of rotatable bonds is 4. The number of imidazole rings is 1. The summed E-state index contributed by atoms with van der Waals surface area (Å²) in [6, 6.07) is 10.1. The number of hydrogen-bond donors (Lipinski definition) is 2. The maximum atomic E-state index is 12.0. The largest absolute Gasteiger partial charge is 0.355 e. The molecule has 2 heterocycles. The number of hydrogen-bond acceptors (Lipinski definition) is 3. The molecular formula is C16H20N4O. The Morgan fingerprint density at radius 2 is 2.19 bits per heavy atom. The second kappa shape index (κ2) is 6.10. The van der Waals surface area contributed by atoms with Gasteiger partial charge in [0.25, 0.3) is 0 Å². The van der Waals surface area contributed by atoms with E-state index in [9.17, 15) is 4.79 Å². The maximum Gasteiger partial charge on any atom is 0.239 e. The van der Waals surface area contributed by atoms with Gasteiger partial charge in [-0.3, -0.25) is 4.79 Å². The second-order valence-electron chi connectivity index (χ2n) is 5.16. The van der Waals surface area contributed by atoms with Crippen molar-refractivity contribution in [3.63, 3.8) is 0 Å². The van der Waals surface area contributed by atoms with Crippen molar-refractivity contribution >= 4 is 5.91 Å². The van der Waals surface area contributed by atoms with E-state index >= 15 is 0 Å². The Labute approximate surface area is 124 Å². The van der Waals surface area contributed by atoms with Crippen LogP contribution in [0.25, 0.3) is 11.4 Å². The van der Waals surface area contributed by atoms with E-state index in [4.69, 9.17) is 4.98 Å². The lowest BCUT2D eigenvalue weighted by Gasteiger charge is -2.16. The number of amides is 1. The normalized spacial score (nSPS) is 13.8. The Hall–Kier alpha value is -2.14. The van der Waals surface area contributed by atoms with Crippen LogP contribution in [0.4, 0.5) is 0 Å². The second-order valence-corrected chi connectivity index (χ2v) is 5.16. The van der Waals surface area contributed by atoms with E-state index in [2.05, 4.69) is 15.2 Å². The van der Waals surface area contributed by atoms with E-state index in [0.717, 1.165) is 36.6 Å². The van der Waals surface area contributed by atoms with Crippen molar-refractivity contribution in [1.29, 1.82) is 0 Å². The maximum absolute atomic E-state index is 12.0. The van der Waals surface area contributed by atoms with Crippen molar-refractivity contribution in [3.05, 3.63) is 41.7 Å². The van der Waals surface area contributed by atoms with Crippen LogP contribution in [0, 0.1) is 0 Å². The molecule has 1 aliphatic heterocycles. The van der Waals surface area contributed by atoms with Crippen LogP contribution in [0.5, 0.6) is 0 Å². The first-order valence-corrected chi connectivity index (χ1v) is 7.40. The lowest BCUT2D eigenvalue weighted by atomic mass is 10.2. The summed E-state index contributed by atoms with van der Waals surface area (Å²) in [5, 5.41) is 6.20. The van der Waals surface area contributed by atoms with Crippen LogP contribution < -0.4 is 10.6 Å². The van der Waals surface area contributed by atoms with E-state index in [-0.39, 0.29) is 5.91 Å². The molecule has 1 amide bonds. The molecule has 0 radical (unpaired) electrons. The fourth-order valence-electron chi connectivity index (χ4n) is 2.75. The average molecular weight is 284 g/mol. The highest BCUT2D eigenvalue weighted by molar-refractivity contribution is 5.76. The number of benzene rings is 1. The van der Waals surface area contributed by atoms with Crippen LogP contribution >= 0.6 is 0 Å². The minimum atomic E-state index is 0.0356. The lowest BCUT2D eigenvalue weighted by Crippen LogP contribution is -2.30. The first kappa shape index (κ1) is 13.8. The van der Waals surface area contributed by atoms with Gasteiger partial charge in [-0.2, -0.15) is 0 Å². The smallest absolute Gasteiger partial charge is 0.239 e. The molecule has 2 N–H and O–H groups in total. The van der Waals surface area contributed by atoms with Gasteiger partial charge in [0.1, 0.15) is 12.4 Å². The van der Waals surface area contributed by atoms with Gasteiger partial charge in [-0.05, 0) is 6.92 Å². The Bertz CT molecular complexity index is 633. The van der Waals surface area contributed by atoms with Gasteiger partial charge in [-0.15, -0.1) is 0 Å². The SMILES string of the molecule is CCNC(=O)Cn1c(-c2ccccc2)nc2c1CCNC2. The van der Waals surface area contributed by atoms with Gasteiger partial charge in [0.05, 0.1) is 5.69 Å². The van der Waals surface area contributed by atoms with Gasteiger partial charge in [0, 0.05) is 37.3 Å². The molecule has 1 aliphatic rings. The molecule has 0 spiro atoms. The number of nitrogens with zero attached hydrogens (tertiary/aromatic N) is 2. The highest BCUT2D eigenvalue weighted by Crippen LogP contribution is 2.24. The van der Waals surface area contributed by atoms with Crippen LogP contribution in [0.15, 0.2) is 30.3 Å². The molecule has 2 aromatic rings. The summed E-state index contributed by atoms with van der Waals surface area (Å²) in [6.45, 7) is 4.63. The fourth-order valence-corrected chi connectivity index (χ4v) is 2.75. The van der Waals surface area contributed by atoms with Gasteiger partial charge < -0.3 is 15.2 Å². The number of nitrogens with one attached hydrogen (secondary N) is 2. The minimum Gasteiger partial charge on any atom is -0.355 e. The molecule has 21 heavy (non-hydrogen) atoms. The monoisotopic (exact) mass is 284 g/mol. The fraction of sp³-hybridized carbons (Fsp3) is 0.375. The van der Waals surface area contributed by atoms with Gasteiger partial charge >= 0.3 is 0 Å². The van der Waals surface area contributed by atoms with Gasteiger partial charge in [0.2, 0.25) is 5.91 Å². The molecule has 0 unspecified atom stereocenters.